The summed E-state index contributed by atoms with van der Waals surface area (Å²) in [5.41, 5.74) is -1.11. The highest BCUT2D eigenvalue weighted by atomic mass is 32.1. The van der Waals surface area contributed by atoms with Gasteiger partial charge in [-0.1, -0.05) is 13.0 Å². The van der Waals surface area contributed by atoms with Crippen LogP contribution < -0.4 is 0 Å². The van der Waals surface area contributed by atoms with Crippen molar-refractivity contribution in [1.82, 2.24) is 0 Å². The van der Waals surface area contributed by atoms with Crippen molar-refractivity contribution in [3.8, 4) is 0 Å². The average molecular weight is 172 g/mol. The van der Waals surface area contributed by atoms with E-state index in [1.807, 2.05) is 24.4 Å². The maximum atomic E-state index is 13.4. The maximum absolute atomic E-state index is 13.4. The van der Waals surface area contributed by atoms with E-state index in [4.69, 9.17) is 0 Å². The van der Waals surface area contributed by atoms with Crippen LogP contribution in [0.15, 0.2) is 17.5 Å². The molecule has 62 valence electrons. The molecule has 11 heavy (non-hydrogen) atoms. The zero-order valence-electron chi connectivity index (χ0n) is 7.10. The smallest absolute Gasteiger partial charge is 0.112 e. The first-order chi connectivity index (χ1) is 5.02. The normalized spacial score (nSPS) is 14.9. The Labute approximate surface area is 71.1 Å². The second-order valence-corrected chi connectivity index (χ2v) is 4.28. The molecule has 0 N–H and O–H groups in total. The largest absolute Gasteiger partial charge is 0.244 e. The molecule has 0 saturated carbocycles. The average Bonchev–Trinajstić information content (AvgIpc) is 2.34. The number of hydrogen-bond donors (Lipinski definition) is 0. The summed E-state index contributed by atoms with van der Waals surface area (Å²) in [6, 6.07) is 3.94. The van der Waals surface area contributed by atoms with Gasteiger partial charge in [0.1, 0.15) is 5.67 Å². The molecule has 0 radical (unpaired) electrons. The molecule has 1 aromatic heterocycles. The molecule has 1 heterocycles. The van der Waals surface area contributed by atoms with E-state index in [0.29, 0.717) is 0 Å². The Morgan fingerprint density at radius 1 is 1.55 bits per heavy atom. The number of thiophene rings is 1. The maximum Gasteiger partial charge on any atom is 0.112 e. The summed E-state index contributed by atoms with van der Waals surface area (Å²) in [6.07, 6.45) is 0. The first kappa shape index (κ1) is 8.72. The molecule has 0 amide bonds. The van der Waals surface area contributed by atoms with Crippen LogP contribution in [-0.4, -0.2) is 5.67 Å². The zero-order chi connectivity index (χ0) is 8.48. The Kier molecular flexibility index (Phi) is 2.33. The van der Waals surface area contributed by atoms with Crippen molar-refractivity contribution in [3.05, 3.63) is 22.4 Å². The predicted octanol–water partition coefficient (Wildman–Crippen LogP) is 3.60. The minimum Gasteiger partial charge on any atom is -0.244 e. The summed E-state index contributed by atoms with van der Waals surface area (Å²) in [6.45, 7) is 5.17. The summed E-state index contributed by atoms with van der Waals surface area (Å²) >= 11 is 1.62. The van der Waals surface area contributed by atoms with Gasteiger partial charge in [0.05, 0.1) is 0 Å². The lowest BCUT2D eigenvalue weighted by atomic mass is 9.93. The van der Waals surface area contributed by atoms with Gasteiger partial charge in [-0.2, -0.15) is 0 Å². The molecule has 0 aromatic carbocycles. The second kappa shape index (κ2) is 2.94. The molecule has 0 bridgehead atoms. The summed E-state index contributed by atoms with van der Waals surface area (Å²) in [7, 11) is 0. The van der Waals surface area contributed by atoms with E-state index < -0.39 is 5.67 Å². The van der Waals surface area contributed by atoms with Gasteiger partial charge in [-0.3, -0.25) is 0 Å². The molecule has 1 unspecified atom stereocenters. The fraction of sp³-hybridized carbons (Fsp3) is 0.556. The van der Waals surface area contributed by atoms with Gasteiger partial charge in [0, 0.05) is 10.8 Å². The third-order valence-electron chi connectivity index (χ3n) is 2.00. The number of alkyl halides is 1. The summed E-state index contributed by atoms with van der Waals surface area (Å²) in [5, 5.41) is 1.98. The van der Waals surface area contributed by atoms with Crippen LogP contribution in [0.1, 0.15) is 31.6 Å². The predicted molar refractivity (Wildman–Crippen MR) is 47.9 cm³/mol. The first-order valence-corrected chi connectivity index (χ1v) is 4.62. The summed E-state index contributed by atoms with van der Waals surface area (Å²) in [5.74, 6) is 0.00231. The van der Waals surface area contributed by atoms with Crippen molar-refractivity contribution in [2.75, 3.05) is 0 Å². The number of hydrogen-bond acceptors (Lipinski definition) is 1. The van der Waals surface area contributed by atoms with Crippen LogP contribution in [0.2, 0.25) is 0 Å². The van der Waals surface area contributed by atoms with Crippen molar-refractivity contribution >= 4 is 11.3 Å². The molecule has 0 aliphatic carbocycles. The van der Waals surface area contributed by atoms with E-state index in [9.17, 15) is 4.39 Å². The molecule has 0 spiro atoms. The Hall–Kier alpha value is -0.370. The number of rotatable bonds is 2. The molecule has 0 saturated heterocycles. The van der Waals surface area contributed by atoms with Crippen LogP contribution in [0, 0.1) is 0 Å². The van der Waals surface area contributed by atoms with Gasteiger partial charge in [0.25, 0.3) is 0 Å². The molecule has 2 heteroatoms. The molecule has 1 atom stereocenters. The molecule has 0 fully saturated rings. The third-order valence-corrected chi connectivity index (χ3v) is 3.05. The minimum absolute atomic E-state index is 0.00231. The van der Waals surface area contributed by atoms with Gasteiger partial charge < -0.3 is 0 Å². The van der Waals surface area contributed by atoms with Crippen LogP contribution in [0.5, 0.6) is 0 Å². The van der Waals surface area contributed by atoms with Crippen LogP contribution >= 0.6 is 11.3 Å². The van der Waals surface area contributed by atoms with E-state index in [1.165, 1.54) is 0 Å². The summed E-state index contributed by atoms with van der Waals surface area (Å²) in [4.78, 5) is 1.12. The fourth-order valence-electron chi connectivity index (χ4n) is 0.876. The molecule has 0 aliphatic heterocycles. The highest BCUT2D eigenvalue weighted by Gasteiger charge is 2.26. The molecular formula is C9H13FS. The van der Waals surface area contributed by atoms with E-state index >= 15 is 0 Å². The van der Waals surface area contributed by atoms with Crippen LogP contribution in [0.3, 0.4) is 0 Å². The molecule has 1 rings (SSSR count). The van der Waals surface area contributed by atoms with Gasteiger partial charge in [-0.15, -0.1) is 11.3 Å². The Bertz CT molecular complexity index is 208. The number of halogens is 1. The van der Waals surface area contributed by atoms with Crippen molar-refractivity contribution in [2.24, 2.45) is 0 Å². The Morgan fingerprint density at radius 2 is 2.18 bits per heavy atom. The third kappa shape index (κ3) is 2.03. The first-order valence-electron chi connectivity index (χ1n) is 3.74. The SMILES string of the molecule is CC(c1cccs1)C(C)(C)F. The second-order valence-electron chi connectivity index (χ2n) is 3.30. The quantitative estimate of drug-likeness (QED) is 0.639. The lowest BCUT2D eigenvalue weighted by Crippen LogP contribution is -2.20. The van der Waals surface area contributed by atoms with E-state index in [2.05, 4.69) is 0 Å². The zero-order valence-corrected chi connectivity index (χ0v) is 7.91. The Balaban J connectivity index is 2.78. The van der Waals surface area contributed by atoms with E-state index in [1.54, 1.807) is 25.2 Å². The van der Waals surface area contributed by atoms with Crippen LogP contribution in [0.25, 0.3) is 0 Å². The fourth-order valence-corrected chi connectivity index (χ4v) is 1.83. The Morgan fingerprint density at radius 3 is 2.55 bits per heavy atom. The van der Waals surface area contributed by atoms with Gasteiger partial charge in [-0.25, -0.2) is 4.39 Å². The molecule has 1 aromatic rings. The van der Waals surface area contributed by atoms with E-state index in [0.717, 1.165) is 4.88 Å². The molecular weight excluding hydrogens is 159 g/mol. The van der Waals surface area contributed by atoms with Gasteiger partial charge in [0.15, 0.2) is 0 Å². The standard InChI is InChI=1S/C9H13FS/c1-7(9(2,3)10)8-5-4-6-11-8/h4-7H,1-3H3. The molecule has 0 aliphatic rings. The van der Waals surface area contributed by atoms with Crippen molar-refractivity contribution in [2.45, 2.75) is 32.4 Å². The van der Waals surface area contributed by atoms with Crippen molar-refractivity contribution < 1.29 is 4.39 Å². The van der Waals surface area contributed by atoms with Crippen LogP contribution in [-0.2, 0) is 0 Å². The minimum atomic E-state index is -1.11. The molecule has 0 nitrogen and oxygen atoms in total. The van der Waals surface area contributed by atoms with Gasteiger partial charge in [-0.05, 0) is 25.3 Å². The summed E-state index contributed by atoms with van der Waals surface area (Å²) < 4.78 is 13.4. The van der Waals surface area contributed by atoms with Gasteiger partial charge >= 0.3 is 0 Å². The van der Waals surface area contributed by atoms with E-state index in [-0.39, 0.29) is 5.92 Å². The lowest BCUT2D eigenvalue weighted by Gasteiger charge is -2.21. The monoisotopic (exact) mass is 172 g/mol. The van der Waals surface area contributed by atoms with Crippen molar-refractivity contribution in [3.63, 3.8) is 0 Å². The lowest BCUT2D eigenvalue weighted by molar-refractivity contribution is 0.182. The topological polar surface area (TPSA) is 0 Å². The highest BCUT2D eigenvalue weighted by molar-refractivity contribution is 7.10. The van der Waals surface area contributed by atoms with Crippen molar-refractivity contribution in [1.29, 1.82) is 0 Å². The van der Waals surface area contributed by atoms with Gasteiger partial charge in [0.2, 0.25) is 0 Å². The van der Waals surface area contributed by atoms with Crippen LogP contribution in [0.4, 0.5) is 4.39 Å². The highest BCUT2D eigenvalue weighted by Crippen LogP contribution is 2.33.